The number of aromatic nitrogens is 1. The van der Waals surface area contributed by atoms with Gasteiger partial charge in [0, 0.05) is 12.5 Å². The van der Waals surface area contributed by atoms with Gasteiger partial charge in [0.15, 0.2) is 5.76 Å². The minimum Gasteiger partial charge on any atom is -0.490 e. The van der Waals surface area contributed by atoms with Crippen molar-refractivity contribution in [1.82, 2.24) is 5.16 Å². The molecule has 2 N–H and O–H groups in total. The van der Waals surface area contributed by atoms with Crippen LogP contribution in [0.2, 0.25) is 0 Å². The molecule has 1 fully saturated rings. The van der Waals surface area contributed by atoms with Crippen LogP contribution in [-0.4, -0.2) is 28.4 Å². The molecule has 36 heavy (non-hydrogen) atoms. The number of nitrogens with zero attached hydrogens (tertiary/aromatic N) is 1. The first-order valence-electron chi connectivity index (χ1n) is 12.3. The predicted molar refractivity (Wildman–Crippen MR) is 139 cm³/mol. The molecule has 1 heterocycles. The number of carboxylic acid groups (broad SMARTS) is 1. The molecule has 1 aliphatic carbocycles. The van der Waals surface area contributed by atoms with Crippen LogP contribution in [0.1, 0.15) is 64.1 Å². The molecule has 0 spiro atoms. The molecule has 0 saturated heterocycles. The SMILES string of the molecule is CC.CC(=O)O.Cc1noc(-c2ccc(OC3CCCCC3)cc2)c1NC(=O)OCc1ccccc1. The summed E-state index contributed by atoms with van der Waals surface area (Å²) in [6.07, 6.45) is 5.74. The van der Waals surface area contributed by atoms with E-state index in [2.05, 4.69) is 10.5 Å². The lowest BCUT2D eigenvalue weighted by atomic mass is 9.98. The molecule has 1 saturated carbocycles. The molecule has 1 amide bonds. The molecular weight excluding hydrogens is 460 g/mol. The van der Waals surface area contributed by atoms with Gasteiger partial charge in [0.25, 0.3) is 5.97 Å². The Balaban J connectivity index is 0.000000694. The second-order valence-corrected chi connectivity index (χ2v) is 8.08. The third kappa shape index (κ3) is 9.44. The Hall–Kier alpha value is -3.81. The molecule has 1 aromatic heterocycles. The fourth-order valence-corrected chi connectivity index (χ4v) is 3.64. The number of aryl methyl sites for hydroxylation is 1. The molecule has 0 bridgehead atoms. The van der Waals surface area contributed by atoms with Gasteiger partial charge in [-0.05, 0) is 62.4 Å². The van der Waals surface area contributed by atoms with Crippen LogP contribution in [-0.2, 0) is 16.1 Å². The lowest BCUT2D eigenvalue weighted by molar-refractivity contribution is -0.134. The monoisotopic (exact) mass is 496 g/mol. The smallest absolute Gasteiger partial charge is 0.412 e. The average Bonchev–Trinajstić information content (AvgIpc) is 3.25. The molecule has 194 valence electrons. The Labute approximate surface area is 212 Å². The number of benzene rings is 2. The number of carbonyl (C=O) groups excluding carboxylic acids is 1. The number of amides is 1. The van der Waals surface area contributed by atoms with Crippen molar-refractivity contribution in [2.24, 2.45) is 0 Å². The molecule has 8 heteroatoms. The number of ether oxygens (including phenoxy) is 2. The molecule has 3 aromatic rings. The van der Waals surface area contributed by atoms with Crippen LogP contribution >= 0.6 is 0 Å². The first-order valence-corrected chi connectivity index (χ1v) is 12.3. The van der Waals surface area contributed by atoms with Crippen LogP contribution in [0.4, 0.5) is 10.5 Å². The van der Waals surface area contributed by atoms with Crippen LogP contribution in [0.5, 0.6) is 5.75 Å². The van der Waals surface area contributed by atoms with Crippen molar-refractivity contribution in [3.05, 3.63) is 65.9 Å². The summed E-state index contributed by atoms with van der Waals surface area (Å²) in [6, 6.07) is 17.2. The fraction of sp³-hybridized carbons (Fsp3) is 0.393. The van der Waals surface area contributed by atoms with Crippen molar-refractivity contribution in [3.63, 3.8) is 0 Å². The van der Waals surface area contributed by atoms with Crippen LogP contribution in [0.25, 0.3) is 11.3 Å². The second kappa shape index (κ2) is 15.2. The number of hydrogen-bond acceptors (Lipinski definition) is 6. The van der Waals surface area contributed by atoms with Crippen molar-refractivity contribution in [3.8, 4) is 17.1 Å². The zero-order valence-electron chi connectivity index (χ0n) is 21.5. The fourth-order valence-electron chi connectivity index (χ4n) is 3.64. The largest absolute Gasteiger partial charge is 0.490 e. The molecule has 0 radical (unpaired) electrons. The summed E-state index contributed by atoms with van der Waals surface area (Å²) >= 11 is 0. The third-order valence-corrected chi connectivity index (χ3v) is 5.27. The predicted octanol–water partition coefficient (Wildman–Crippen LogP) is 7.23. The third-order valence-electron chi connectivity index (χ3n) is 5.27. The minimum absolute atomic E-state index is 0.194. The van der Waals surface area contributed by atoms with Crippen LogP contribution < -0.4 is 10.1 Å². The zero-order chi connectivity index (χ0) is 26.3. The first-order chi connectivity index (χ1) is 17.4. The maximum atomic E-state index is 12.3. The molecular formula is C28H36N2O6. The number of hydrogen-bond donors (Lipinski definition) is 2. The summed E-state index contributed by atoms with van der Waals surface area (Å²) in [7, 11) is 0. The second-order valence-electron chi connectivity index (χ2n) is 8.08. The van der Waals surface area contributed by atoms with Crippen molar-refractivity contribution in [1.29, 1.82) is 0 Å². The first kappa shape index (κ1) is 28.4. The van der Waals surface area contributed by atoms with E-state index in [1.807, 2.05) is 68.4 Å². The Morgan fingerprint density at radius 1 is 1.03 bits per heavy atom. The Kier molecular flexibility index (Phi) is 12.0. The maximum Gasteiger partial charge on any atom is 0.412 e. The van der Waals surface area contributed by atoms with Crippen molar-refractivity contribution >= 4 is 17.7 Å². The normalized spacial score (nSPS) is 12.8. The molecule has 1 aliphatic rings. The summed E-state index contributed by atoms with van der Waals surface area (Å²) in [5.74, 6) is 0.507. The summed E-state index contributed by atoms with van der Waals surface area (Å²) < 4.78 is 16.9. The average molecular weight is 497 g/mol. The Morgan fingerprint density at radius 2 is 1.64 bits per heavy atom. The van der Waals surface area contributed by atoms with Crippen LogP contribution in [0.3, 0.4) is 0 Å². The lowest BCUT2D eigenvalue weighted by Crippen LogP contribution is -2.19. The highest BCUT2D eigenvalue weighted by Gasteiger charge is 2.19. The number of rotatable bonds is 6. The van der Waals surface area contributed by atoms with E-state index in [4.69, 9.17) is 23.9 Å². The van der Waals surface area contributed by atoms with Gasteiger partial charge in [0.2, 0.25) is 0 Å². The molecule has 0 atom stereocenters. The Bertz CT molecular complexity index is 1050. The number of nitrogens with one attached hydrogen (secondary N) is 1. The summed E-state index contributed by atoms with van der Waals surface area (Å²) in [4.78, 5) is 21.3. The number of carboxylic acids is 1. The van der Waals surface area contributed by atoms with E-state index < -0.39 is 12.1 Å². The van der Waals surface area contributed by atoms with Gasteiger partial charge in [0.1, 0.15) is 23.7 Å². The van der Waals surface area contributed by atoms with E-state index in [9.17, 15) is 4.79 Å². The minimum atomic E-state index is -0.833. The molecule has 0 aliphatic heterocycles. The van der Waals surface area contributed by atoms with Gasteiger partial charge in [-0.25, -0.2) is 4.79 Å². The van der Waals surface area contributed by atoms with E-state index in [1.165, 1.54) is 19.3 Å². The van der Waals surface area contributed by atoms with Gasteiger partial charge in [-0.1, -0.05) is 55.8 Å². The molecule has 0 unspecified atom stereocenters. The van der Waals surface area contributed by atoms with Gasteiger partial charge in [0.05, 0.1) is 6.10 Å². The van der Waals surface area contributed by atoms with Crippen LogP contribution in [0, 0.1) is 6.92 Å². The molecule has 8 nitrogen and oxygen atoms in total. The molecule has 2 aromatic carbocycles. The van der Waals surface area contributed by atoms with E-state index >= 15 is 0 Å². The highest BCUT2D eigenvalue weighted by Crippen LogP contribution is 2.33. The van der Waals surface area contributed by atoms with Crippen LogP contribution in [0.15, 0.2) is 59.1 Å². The van der Waals surface area contributed by atoms with E-state index in [1.54, 1.807) is 6.92 Å². The highest BCUT2D eigenvalue weighted by atomic mass is 16.5. The molecule has 4 rings (SSSR count). The van der Waals surface area contributed by atoms with Gasteiger partial charge in [-0.15, -0.1) is 0 Å². The van der Waals surface area contributed by atoms with E-state index in [-0.39, 0.29) is 6.61 Å². The summed E-state index contributed by atoms with van der Waals surface area (Å²) in [6.45, 7) is 7.06. The van der Waals surface area contributed by atoms with Crippen molar-refractivity contribution in [2.75, 3.05) is 5.32 Å². The van der Waals surface area contributed by atoms with Gasteiger partial charge in [-0.3, -0.25) is 10.1 Å². The Morgan fingerprint density at radius 3 is 2.25 bits per heavy atom. The van der Waals surface area contributed by atoms with Gasteiger partial charge in [-0.2, -0.15) is 0 Å². The number of carbonyl (C=O) groups is 2. The topological polar surface area (TPSA) is 111 Å². The van der Waals surface area contributed by atoms with Gasteiger partial charge >= 0.3 is 6.09 Å². The van der Waals surface area contributed by atoms with Crippen molar-refractivity contribution in [2.45, 2.75) is 72.5 Å². The quantitative estimate of drug-likeness (QED) is 0.370. The van der Waals surface area contributed by atoms with E-state index in [0.29, 0.717) is 23.2 Å². The summed E-state index contributed by atoms with van der Waals surface area (Å²) in [5.41, 5.74) is 2.83. The number of aliphatic carboxylic acids is 1. The highest BCUT2D eigenvalue weighted by molar-refractivity contribution is 5.90. The number of anilines is 1. The zero-order valence-corrected chi connectivity index (χ0v) is 21.5. The summed E-state index contributed by atoms with van der Waals surface area (Å²) in [5, 5.41) is 14.2. The standard InChI is InChI=1S/C24H26N2O4.C2H4O2.C2H6/c1-17-22(25-24(27)28-16-18-8-4-2-5-9-18)23(30-26-17)19-12-14-21(15-13-19)29-20-10-6-3-7-11-20;1-2(3)4;1-2/h2,4-5,8-9,12-15,20H,3,6-7,10-11,16H2,1H3,(H,25,27);1H3,(H,3,4);1-2H3. The lowest BCUT2D eigenvalue weighted by Gasteiger charge is -2.23. The van der Waals surface area contributed by atoms with Crippen molar-refractivity contribution < 1.29 is 28.7 Å². The van der Waals surface area contributed by atoms with E-state index in [0.717, 1.165) is 36.6 Å². The van der Waals surface area contributed by atoms with Gasteiger partial charge < -0.3 is 19.1 Å². The maximum absolute atomic E-state index is 12.3.